The van der Waals surface area contributed by atoms with Crippen LogP contribution in [0.5, 0.6) is 0 Å². The Labute approximate surface area is 122 Å². The van der Waals surface area contributed by atoms with Gasteiger partial charge in [0.25, 0.3) is 0 Å². The molecule has 0 rings (SSSR count). The molecule has 0 nitrogen and oxygen atoms in total. The maximum absolute atomic E-state index is 3.21. The third-order valence-corrected chi connectivity index (χ3v) is 1.27. The molecule has 0 unspecified atom stereocenters. The standard InChI is InChI=1S/C11H19.4CH3.Ta/c1-10(2)8-6-5-7-9-11(3)4;;;;;/h5-7,10-11H,8H2,1-4H3;4*1H3;/q5*-1;+5/b6-5+;;;;;. The van der Waals surface area contributed by atoms with E-state index >= 15 is 0 Å². The van der Waals surface area contributed by atoms with Crippen LogP contribution in [0.25, 0.3) is 0 Å². The summed E-state index contributed by atoms with van der Waals surface area (Å²) in [7, 11) is 0. The second-order valence-corrected chi connectivity index (χ2v) is 3.55. The molecule has 0 amide bonds. The van der Waals surface area contributed by atoms with E-state index in [4.69, 9.17) is 0 Å². The van der Waals surface area contributed by atoms with Gasteiger partial charge in [-0.1, -0.05) is 27.7 Å². The van der Waals surface area contributed by atoms with Crippen molar-refractivity contribution in [3.63, 3.8) is 0 Å². The molecule has 0 bridgehead atoms. The summed E-state index contributed by atoms with van der Waals surface area (Å²) in [6.45, 7) is 8.71. The van der Waals surface area contributed by atoms with E-state index in [-0.39, 0.29) is 52.1 Å². The molecule has 0 saturated heterocycles. The molecule has 0 atom stereocenters. The third kappa shape index (κ3) is 36.8. The fourth-order valence-electron chi connectivity index (χ4n) is 0.667. The van der Waals surface area contributed by atoms with E-state index in [0.29, 0.717) is 5.92 Å². The average Bonchev–Trinajstić information content (AvgIpc) is 1.85. The molecule has 16 heavy (non-hydrogen) atoms. The predicted octanol–water partition coefficient (Wildman–Crippen LogP) is 5.40. The van der Waals surface area contributed by atoms with E-state index in [2.05, 4.69) is 45.9 Å². The van der Waals surface area contributed by atoms with Crippen molar-refractivity contribution in [2.24, 2.45) is 11.8 Å². The molecule has 1 heteroatoms. The summed E-state index contributed by atoms with van der Waals surface area (Å²) >= 11 is 0. The molecule has 96 valence electrons. The molecule has 0 aromatic rings. The normalized spacial score (nSPS) is 8.88. The Kier molecular flexibility index (Phi) is 55.0. The molecule has 0 aliphatic rings. The summed E-state index contributed by atoms with van der Waals surface area (Å²) in [6.07, 6.45) is 10.7. The average molecular weight is 392 g/mol. The first-order valence-electron chi connectivity index (χ1n) is 4.37. The van der Waals surface area contributed by atoms with Crippen molar-refractivity contribution in [2.75, 3.05) is 0 Å². The van der Waals surface area contributed by atoms with Gasteiger partial charge in [-0.2, -0.15) is 6.08 Å². The van der Waals surface area contributed by atoms with Crippen LogP contribution >= 0.6 is 0 Å². The van der Waals surface area contributed by atoms with Crippen molar-refractivity contribution in [1.29, 1.82) is 0 Å². The zero-order valence-corrected chi connectivity index (χ0v) is 15.8. The van der Waals surface area contributed by atoms with Crippen LogP contribution in [0.2, 0.25) is 0 Å². The van der Waals surface area contributed by atoms with E-state index < -0.39 is 0 Å². The summed E-state index contributed by atoms with van der Waals surface area (Å²) in [5.41, 5.74) is 0. The van der Waals surface area contributed by atoms with E-state index in [9.17, 15) is 0 Å². The van der Waals surface area contributed by atoms with Gasteiger partial charge in [-0.25, -0.2) is 12.2 Å². The monoisotopic (exact) mass is 392 g/mol. The summed E-state index contributed by atoms with van der Waals surface area (Å²) < 4.78 is 0. The van der Waals surface area contributed by atoms with Crippen LogP contribution in [0, 0.1) is 47.6 Å². The van der Waals surface area contributed by atoms with E-state index in [0.717, 1.165) is 12.3 Å². The Bertz CT molecular complexity index is 132. The fraction of sp³-hybridized carbons (Fsp3) is 0.467. The Balaban J connectivity index is -0.0000000500. The maximum Gasteiger partial charge on any atom is 5.00 e. The van der Waals surface area contributed by atoms with Crippen LogP contribution in [0.15, 0.2) is 18.2 Å². The minimum absolute atomic E-state index is 0. The van der Waals surface area contributed by atoms with Crippen LogP contribution < -0.4 is 0 Å². The molecule has 0 fully saturated rings. The van der Waals surface area contributed by atoms with E-state index in [1.165, 1.54) is 0 Å². The maximum atomic E-state index is 3.21. The van der Waals surface area contributed by atoms with E-state index in [1.54, 1.807) is 0 Å². The predicted molar refractivity (Wildman–Crippen MR) is 76.9 cm³/mol. The molecule has 0 aromatic heterocycles. The zero-order valence-electron chi connectivity index (χ0n) is 12.5. The number of rotatable bonds is 4. The van der Waals surface area contributed by atoms with Gasteiger partial charge >= 0.3 is 22.4 Å². The number of hydrogen-bond donors (Lipinski definition) is 0. The first-order valence-corrected chi connectivity index (χ1v) is 4.37. The molecular formula is C15H31Ta. The van der Waals surface area contributed by atoms with Gasteiger partial charge in [0.1, 0.15) is 0 Å². The van der Waals surface area contributed by atoms with Crippen molar-refractivity contribution in [2.45, 2.75) is 34.1 Å². The van der Waals surface area contributed by atoms with Gasteiger partial charge in [0, 0.05) is 0 Å². The quantitative estimate of drug-likeness (QED) is 0.444. The van der Waals surface area contributed by atoms with Gasteiger partial charge in [-0.05, 0) is 12.3 Å². The first kappa shape index (κ1) is 36.0. The van der Waals surface area contributed by atoms with Gasteiger partial charge in [0.2, 0.25) is 0 Å². The van der Waals surface area contributed by atoms with Crippen LogP contribution in [0.4, 0.5) is 0 Å². The number of hydrogen-bond acceptors (Lipinski definition) is 0. The molecule has 0 N–H and O–H groups in total. The Morgan fingerprint density at radius 2 is 1.38 bits per heavy atom. The smallest absolute Gasteiger partial charge is 0.358 e. The first-order chi connectivity index (χ1) is 5.13. The summed E-state index contributed by atoms with van der Waals surface area (Å²) in [5, 5.41) is 0. The van der Waals surface area contributed by atoms with E-state index in [1.807, 2.05) is 6.08 Å². The molecule has 0 spiro atoms. The van der Waals surface area contributed by atoms with Gasteiger partial charge in [-0.15, -0.1) is 5.92 Å². The number of allylic oxidation sites excluding steroid dienone is 4. The van der Waals surface area contributed by atoms with Gasteiger partial charge in [-0.3, -0.25) is 6.08 Å². The Hall–Kier alpha value is 0.220. The van der Waals surface area contributed by atoms with Crippen molar-refractivity contribution < 1.29 is 22.4 Å². The molecule has 0 heterocycles. The fourth-order valence-corrected chi connectivity index (χ4v) is 0.667. The third-order valence-electron chi connectivity index (χ3n) is 1.27. The summed E-state index contributed by atoms with van der Waals surface area (Å²) in [6, 6.07) is 0. The summed E-state index contributed by atoms with van der Waals surface area (Å²) in [5.74, 6) is 1.30. The van der Waals surface area contributed by atoms with Crippen LogP contribution in [0.1, 0.15) is 34.1 Å². The van der Waals surface area contributed by atoms with Crippen LogP contribution in [0.3, 0.4) is 0 Å². The molecule has 0 aromatic carbocycles. The SMILES string of the molecule is CC(C)[C-]=C/C=C/CC(C)C.[CH3-].[CH3-].[CH3-].[CH3-].[Ta+5]. The van der Waals surface area contributed by atoms with Crippen molar-refractivity contribution in [3.05, 3.63) is 54.0 Å². The molecule has 0 radical (unpaired) electrons. The minimum atomic E-state index is 0. The van der Waals surface area contributed by atoms with Crippen LogP contribution in [-0.2, 0) is 22.4 Å². The molecule has 0 aliphatic carbocycles. The van der Waals surface area contributed by atoms with Gasteiger partial charge in [0.15, 0.2) is 0 Å². The van der Waals surface area contributed by atoms with Gasteiger partial charge in [0.05, 0.1) is 0 Å². The van der Waals surface area contributed by atoms with Gasteiger partial charge < -0.3 is 29.7 Å². The Morgan fingerprint density at radius 1 is 0.938 bits per heavy atom. The van der Waals surface area contributed by atoms with Crippen LogP contribution in [-0.4, -0.2) is 0 Å². The Morgan fingerprint density at radius 3 is 1.69 bits per heavy atom. The second kappa shape index (κ2) is 24.4. The minimum Gasteiger partial charge on any atom is -0.358 e. The zero-order chi connectivity index (χ0) is 8.69. The molecule has 0 saturated carbocycles. The van der Waals surface area contributed by atoms with Crippen molar-refractivity contribution in [1.82, 2.24) is 0 Å². The van der Waals surface area contributed by atoms with Crippen molar-refractivity contribution in [3.8, 4) is 0 Å². The molecular weight excluding hydrogens is 361 g/mol. The largest absolute Gasteiger partial charge is 5.00 e. The second-order valence-electron chi connectivity index (χ2n) is 3.55. The molecule has 0 aliphatic heterocycles. The topological polar surface area (TPSA) is 0 Å². The van der Waals surface area contributed by atoms with Crippen molar-refractivity contribution >= 4 is 0 Å². The summed E-state index contributed by atoms with van der Waals surface area (Å²) in [4.78, 5) is 0.